The van der Waals surface area contributed by atoms with Gasteiger partial charge >= 0.3 is 47.6 Å². The molecule has 10 N–H and O–H groups in total. The summed E-state index contributed by atoms with van der Waals surface area (Å²) < 4.78 is 140. The zero-order chi connectivity index (χ0) is 94.8. The highest BCUT2D eigenvalue weighted by atomic mass is 32.2. The minimum absolute atomic E-state index is 0.000801. The summed E-state index contributed by atoms with van der Waals surface area (Å²) in [7, 11) is -10.5. The average Bonchev–Trinajstić information content (AvgIpc) is 1.75. The third kappa shape index (κ3) is 20.1. The standard InChI is InChI=1S/C21H22BN3O4S.C19H23BF2N4O3.C18H17BF2N2O3.C18H23BN2O4S.C18H20BNO4/c1-14-8-10-25(30(27,28)15-5-3-2-4-6-15)13-18(14)17-11-22(26)29-19-12-24-21-16(20(17)19)7-9-23-21;1-11-4-6-26(18(27)25-10-19(2,21)22)9-14(11)13-7-20(28)29-15-8-24-17-12(16(13)15)3-5-23-17;20-18(21)6-13(18)17(24)23-10-4-9(5-10)12-7-19(25)26-15-8-22-14-3-1-2-11(14)16(12)15;1-11(2)10-26(23,24)21-13-6-12(7-13)15-8-19(22)25-17-9-20-16-5-3-4-14(16)18(15)17;1-23-18(21)12-7-5-11(6-8-12)14-9-19(22)24-16-10-20-15-4-2-3-13(15)17(14)16/h2-7,9,11-12,14,18,26H,8,10,13H2,1H3,(H,23,24);3,5,7-8,11,14,28H,4,6,9-10H2,1-2H3,(H,23,24)(H,25,27);1-2,7-10,13,25H,3-6H2,(H,23,24);3-4,8-9,11-13,21-22H,5-7,10H2,1-2H3;2-3,9-12,22H,4-8H2,1H3. The van der Waals surface area contributed by atoms with Gasteiger partial charge in [-0.2, -0.15) is 4.31 Å². The Kier molecular flexibility index (Phi) is 26.8. The van der Waals surface area contributed by atoms with Crippen LogP contribution in [0.3, 0.4) is 0 Å². The van der Waals surface area contributed by atoms with Crippen LogP contribution in [0, 0.1) is 59.2 Å². The molecule has 6 fully saturated rings. The van der Waals surface area contributed by atoms with Crippen LogP contribution in [0.2, 0.25) is 0 Å². The van der Waals surface area contributed by atoms with E-state index < -0.39 is 91.9 Å². The van der Waals surface area contributed by atoms with E-state index >= 15 is 0 Å². The molecule has 3 amide bonds. The van der Waals surface area contributed by atoms with Gasteiger partial charge in [-0.1, -0.05) is 82.4 Å². The van der Waals surface area contributed by atoms with Gasteiger partial charge in [0.1, 0.15) is 46.0 Å². The number of allylic oxidation sites excluding steroid dienone is 6. The number of nitrogens with one attached hydrogen (secondary N) is 5. The molecule has 5 unspecified atom stereocenters. The smallest absolute Gasteiger partial charge is 0.531 e. The first-order chi connectivity index (χ1) is 64.6. The van der Waals surface area contributed by atoms with Crippen molar-refractivity contribution in [3.63, 3.8) is 0 Å². The molecule has 8 aromatic rings. The molecule has 135 heavy (non-hydrogen) atoms. The average molecular weight is 1890 g/mol. The molecule has 4 saturated carbocycles. The molecule has 22 rings (SSSR count). The third-order valence-corrected chi connectivity index (χ3v) is 31.5. The van der Waals surface area contributed by atoms with Crippen LogP contribution in [-0.2, 0) is 53.6 Å². The van der Waals surface area contributed by atoms with E-state index in [9.17, 15) is 73.9 Å². The number of fused-ring (bicyclic) bond motifs is 15. The van der Waals surface area contributed by atoms with E-state index in [1.54, 1.807) is 101 Å². The molecule has 0 radical (unpaired) electrons. The summed E-state index contributed by atoms with van der Waals surface area (Å²) in [5.74, 6) is 5.11. The number of amides is 3. The van der Waals surface area contributed by atoms with Gasteiger partial charge < -0.3 is 78.6 Å². The van der Waals surface area contributed by atoms with Crippen LogP contribution in [0.5, 0.6) is 28.7 Å². The zero-order valence-electron chi connectivity index (χ0n) is 75.4. The van der Waals surface area contributed by atoms with Crippen molar-refractivity contribution < 1.29 is 102 Å². The number of halogens is 4. The summed E-state index contributed by atoms with van der Waals surface area (Å²) in [4.78, 5) is 66.0. The minimum atomic E-state index is -3.59. The van der Waals surface area contributed by atoms with Crippen LogP contribution in [0.25, 0.3) is 68.2 Å². The number of hydrogen-bond acceptors (Lipinski definition) is 23. The molecular weight excluding hydrogens is 1780 g/mol. The van der Waals surface area contributed by atoms with Gasteiger partial charge in [0.2, 0.25) is 26.0 Å². The maximum absolute atomic E-state index is 13.2. The molecule has 7 aliphatic heterocycles. The van der Waals surface area contributed by atoms with Crippen molar-refractivity contribution in [1.29, 1.82) is 0 Å². The summed E-state index contributed by atoms with van der Waals surface area (Å²) in [6.07, 6.45) is 34.0. The minimum Gasteiger partial charge on any atom is -0.531 e. The SMILES string of the molecule is CC(C)CS(=O)(=O)NC1CC(C2=CB(O)Oc3cnc4c(c32)C=CC4)C1.CC1CCN(C(=O)NCC(C)(F)F)CC1C1=CB(O)Oc2cnc3[nH]ccc3c21.CC1CCN(S(=O)(=O)c2ccccc2)CC1C1=CB(O)Oc2cnc3[nH]ccc3c21.COC(=O)C1CCC(C2=CB(O)Oc3cnc4c(c32)C=CC4)CC1.O=C(NC1CC(C2=CB(O)Oc3cnc4c(c32)C=CC4)C1)C1CC1(F)F. The van der Waals surface area contributed by atoms with E-state index in [0.717, 1.165) is 183 Å². The number of nitrogens with zero attached hydrogens (tertiary/aromatic N) is 7. The molecule has 7 aromatic heterocycles. The van der Waals surface area contributed by atoms with Crippen molar-refractivity contribution in [1.82, 2.24) is 59.4 Å². The van der Waals surface area contributed by atoms with E-state index in [4.69, 9.17) is 28.0 Å². The van der Waals surface area contributed by atoms with Gasteiger partial charge in [-0.05, 0) is 182 Å². The number of urea groups is 1. The summed E-state index contributed by atoms with van der Waals surface area (Å²) in [6.45, 7) is 9.79. The second kappa shape index (κ2) is 38.4. The normalized spacial score (nSPS) is 24.5. The Morgan fingerprint density at radius 2 is 0.993 bits per heavy atom. The largest absolute Gasteiger partial charge is 0.552 e. The summed E-state index contributed by atoms with van der Waals surface area (Å²) >= 11 is 0. The quantitative estimate of drug-likeness (QED) is 0.0244. The fourth-order valence-corrected chi connectivity index (χ4v) is 24.0. The molecular formula is C94H105B5F4N12O18S2. The predicted octanol–water partition coefficient (Wildman–Crippen LogP) is 11.6. The predicted molar refractivity (Wildman–Crippen MR) is 505 cm³/mol. The zero-order valence-corrected chi connectivity index (χ0v) is 77.0. The molecule has 0 spiro atoms. The number of sulfonamides is 2. The first-order valence-electron chi connectivity index (χ1n) is 46.1. The topological polar surface area (TPSA) is 415 Å². The summed E-state index contributed by atoms with van der Waals surface area (Å²) in [5, 5.41) is 57.4. The highest BCUT2D eigenvalue weighted by Gasteiger charge is 2.62. The number of hydrogen-bond donors (Lipinski definition) is 10. The lowest BCUT2D eigenvalue weighted by Gasteiger charge is -2.39. The Bertz CT molecular complexity index is 6440. The molecule has 704 valence electrons. The Morgan fingerprint density at radius 3 is 1.44 bits per heavy atom. The second-order valence-electron chi connectivity index (χ2n) is 37.7. The Balaban J connectivity index is 0.000000113. The number of aromatic amines is 2. The van der Waals surface area contributed by atoms with Crippen molar-refractivity contribution in [2.24, 2.45) is 59.2 Å². The second-order valence-corrected chi connectivity index (χ2v) is 41.5. The van der Waals surface area contributed by atoms with E-state index in [0.29, 0.717) is 84.2 Å². The summed E-state index contributed by atoms with van der Waals surface area (Å²) in [5.41, 5.74) is 17.4. The number of esters is 1. The number of piperidine rings is 2. The van der Waals surface area contributed by atoms with Gasteiger partial charge in [0.25, 0.3) is 11.8 Å². The van der Waals surface area contributed by atoms with Gasteiger partial charge in [0.05, 0.1) is 78.3 Å². The number of likely N-dealkylation sites (tertiary alicyclic amines) is 1. The molecule has 2 saturated heterocycles. The number of methoxy groups -OCH3 is 1. The number of aromatic nitrogens is 7. The molecule has 41 heteroatoms. The van der Waals surface area contributed by atoms with Crippen molar-refractivity contribution in [2.75, 3.05) is 45.6 Å². The molecule has 14 aliphatic rings. The van der Waals surface area contributed by atoms with Crippen LogP contribution >= 0.6 is 0 Å². The molecule has 30 nitrogen and oxygen atoms in total. The van der Waals surface area contributed by atoms with Crippen LogP contribution < -0.4 is 38.6 Å². The van der Waals surface area contributed by atoms with Crippen LogP contribution in [0.4, 0.5) is 22.4 Å². The van der Waals surface area contributed by atoms with Crippen LogP contribution in [0.1, 0.15) is 167 Å². The third-order valence-electron chi connectivity index (χ3n) is 27.8. The van der Waals surface area contributed by atoms with Crippen LogP contribution in [0.15, 0.2) is 139 Å². The van der Waals surface area contributed by atoms with Crippen molar-refractivity contribution in [3.8, 4) is 28.7 Å². The van der Waals surface area contributed by atoms with Crippen molar-refractivity contribution in [3.05, 3.63) is 196 Å². The lowest BCUT2D eigenvalue weighted by Crippen LogP contribution is -2.50. The highest BCUT2D eigenvalue weighted by molar-refractivity contribution is 7.89. The Hall–Kier alpha value is -11.2. The van der Waals surface area contributed by atoms with Gasteiger partial charge in [-0.15, -0.1) is 0 Å². The molecule has 7 aliphatic carbocycles. The number of carbonyl (C=O) groups is 3. The van der Waals surface area contributed by atoms with E-state index in [1.165, 1.54) is 7.11 Å². The van der Waals surface area contributed by atoms with Gasteiger partial charge in [0.15, 0.2) is 0 Å². The number of pyridine rings is 5. The molecule has 5 atom stereocenters. The molecule has 1 aromatic carbocycles. The Morgan fingerprint density at radius 1 is 0.570 bits per heavy atom. The van der Waals surface area contributed by atoms with E-state index in [1.807, 2.05) is 50.3 Å². The van der Waals surface area contributed by atoms with E-state index in [-0.39, 0.29) is 77.6 Å². The number of H-pyrrole nitrogens is 2. The van der Waals surface area contributed by atoms with Crippen molar-refractivity contribution in [2.45, 2.75) is 153 Å². The fourth-order valence-electron chi connectivity index (χ4n) is 20.8. The maximum Gasteiger partial charge on any atom is 0.552 e. The number of benzene rings is 1. The summed E-state index contributed by atoms with van der Waals surface area (Å²) in [6, 6.07) is 11.7. The van der Waals surface area contributed by atoms with Gasteiger partial charge in [-0.25, -0.2) is 53.9 Å². The Labute approximate surface area is 781 Å². The van der Waals surface area contributed by atoms with Gasteiger partial charge in [0, 0.05) is 150 Å². The van der Waals surface area contributed by atoms with Crippen molar-refractivity contribution >= 4 is 142 Å². The highest BCUT2D eigenvalue weighted by Crippen LogP contribution is 2.54. The lowest BCUT2D eigenvalue weighted by atomic mass is 9.68. The van der Waals surface area contributed by atoms with Crippen LogP contribution in [-0.4, -0.2) is 209 Å². The first kappa shape index (κ1) is 94.2. The van der Waals surface area contributed by atoms with Gasteiger partial charge in [-0.3, -0.25) is 24.5 Å². The molecule has 14 heterocycles. The number of ether oxygens (including phenoxy) is 1. The first-order valence-corrected chi connectivity index (χ1v) is 49.2. The fraction of sp³-hybridized carbons (Fsp3) is 0.426. The van der Waals surface area contributed by atoms with E-state index in [2.05, 4.69) is 88.4 Å². The molecule has 0 bridgehead atoms. The monoisotopic (exact) mass is 1880 g/mol. The number of alkyl halides is 4. The number of rotatable bonds is 16. The lowest BCUT2D eigenvalue weighted by molar-refractivity contribution is -0.146. The number of carbonyl (C=O) groups excluding carboxylic acids is 3. The maximum atomic E-state index is 13.2.